The molecule has 2 atom stereocenters. The summed E-state index contributed by atoms with van der Waals surface area (Å²) in [5, 5.41) is 13.9. The van der Waals surface area contributed by atoms with Gasteiger partial charge in [0, 0.05) is 37.8 Å². The Hall–Kier alpha value is -1.40. The van der Waals surface area contributed by atoms with E-state index in [0.717, 1.165) is 62.5 Å². The summed E-state index contributed by atoms with van der Waals surface area (Å²) in [6, 6.07) is 0.291. The quantitative estimate of drug-likeness (QED) is 0.898. The first kappa shape index (κ1) is 15.5. The van der Waals surface area contributed by atoms with Crippen molar-refractivity contribution in [2.75, 3.05) is 26.2 Å². The number of aryl methyl sites for hydroxylation is 2. The van der Waals surface area contributed by atoms with Crippen LogP contribution in [0.15, 0.2) is 4.52 Å². The Morgan fingerprint density at radius 1 is 1.27 bits per heavy atom. The molecule has 0 unspecified atom stereocenters. The minimum absolute atomic E-state index is 0.140. The first-order chi connectivity index (χ1) is 10.6. The van der Waals surface area contributed by atoms with E-state index in [4.69, 9.17) is 4.52 Å². The number of amides is 1. The van der Waals surface area contributed by atoms with Crippen molar-refractivity contribution in [1.82, 2.24) is 15.0 Å². The summed E-state index contributed by atoms with van der Waals surface area (Å²) in [5.74, 6) is 0.875. The fourth-order valence-corrected chi connectivity index (χ4v) is 3.67. The molecule has 122 valence electrons. The standard InChI is InChI=1S/C16H25N3O3/c1-11-13(12(2)22-17-11)10-16(21)19-8-6-18(7-9-19)14-4-3-5-15(14)20/h14-15,20H,3-10H2,1-2H3/t14-,15+/m0/s1. The monoisotopic (exact) mass is 307 g/mol. The minimum atomic E-state index is -0.190. The molecule has 1 aliphatic heterocycles. The van der Waals surface area contributed by atoms with Gasteiger partial charge in [-0.25, -0.2) is 0 Å². The molecule has 0 aromatic carbocycles. The summed E-state index contributed by atoms with van der Waals surface area (Å²) in [7, 11) is 0. The van der Waals surface area contributed by atoms with E-state index in [1.54, 1.807) is 0 Å². The first-order valence-electron chi connectivity index (χ1n) is 8.18. The number of nitrogens with zero attached hydrogens (tertiary/aromatic N) is 3. The van der Waals surface area contributed by atoms with Crippen LogP contribution in [0.5, 0.6) is 0 Å². The number of aliphatic hydroxyl groups is 1. The van der Waals surface area contributed by atoms with Crippen molar-refractivity contribution in [3.05, 3.63) is 17.0 Å². The molecule has 0 bridgehead atoms. The van der Waals surface area contributed by atoms with Gasteiger partial charge in [0.1, 0.15) is 5.76 Å². The molecule has 1 N–H and O–H groups in total. The third-order valence-corrected chi connectivity index (χ3v) is 5.09. The van der Waals surface area contributed by atoms with Gasteiger partial charge in [0.2, 0.25) is 5.91 Å². The fourth-order valence-electron chi connectivity index (χ4n) is 3.67. The Morgan fingerprint density at radius 2 is 2.00 bits per heavy atom. The van der Waals surface area contributed by atoms with E-state index in [9.17, 15) is 9.90 Å². The summed E-state index contributed by atoms with van der Waals surface area (Å²) in [6.07, 6.45) is 3.28. The Kier molecular flexibility index (Phi) is 4.49. The van der Waals surface area contributed by atoms with Crippen LogP contribution < -0.4 is 0 Å². The van der Waals surface area contributed by atoms with Gasteiger partial charge in [-0.1, -0.05) is 5.16 Å². The van der Waals surface area contributed by atoms with E-state index in [0.29, 0.717) is 12.5 Å². The topological polar surface area (TPSA) is 69.8 Å². The maximum absolute atomic E-state index is 12.5. The van der Waals surface area contributed by atoms with Crippen LogP contribution in [0.4, 0.5) is 0 Å². The highest BCUT2D eigenvalue weighted by Gasteiger charge is 2.33. The lowest BCUT2D eigenvalue weighted by Gasteiger charge is -2.39. The summed E-state index contributed by atoms with van der Waals surface area (Å²) in [5.41, 5.74) is 1.72. The van der Waals surface area contributed by atoms with Crippen molar-refractivity contribution in [2.24, 2.45) is 0 Å². The van der Waals surface area contributed by atoms with Crippen LogP contribution in [0.3, 0.4) is 0 Å². The molecule has 2 aliphatic rings. The third kappa shape index (κ3) is 3.03. The lowest BCUT2D eigenvalue weighted by Crippen LogP contribution is -2.53. The molecule has 1 aliphatic carbocycles. The number of carbonyl (C=O) groups excluding carboxylic acids is 1. The van der Waals surface area contributed by atoms with E-state index in [-0.39, 0.29) is 12.0 Å². The molecule has 1 aromatic heterocycles. The van der Waals surface area contributed by atoms with Gasteiger partial charge in [0.25, 0.3) is 0 Å². The van der Waals surface area contributed by atoms with Gasteiger partial charge in [-0.3, -0.25) is 9.69 Å². The number of aliphatic hydroxyl groups excluding tert-OH is 1. The molecule has 2 heterocycles. The van der Waals surface area contributed by atoms with Crippen LogP contribution in [0, 0.1) is 13.8 Å². The van der Waals surface area contributed by atoms with Crippen molar-refractivity contribution in [2.45, 2.75) is 51.7 Å². The number of hydrogen-bond acceptors (Lipinski definition) is 5. The molecule has 1 aromatic rings. The Balaban J connectivity index is 1.54. The van der Waals surface area contributed by atoms with Crippen LogP contribution >= 0.6 is 0 Å². The number of carbonyl (C=O) groups is 1. The Labute approximate surface area is 131 Å². The second kappa shape index (κ2) is 6.38. The highest BCUT2D eigenvalue weighted by Crippen LogP contribution is 2.25. The zero-order valence-corrected chi connectivity index (χ0v) is 13.4. The SMILES string of the molecule is Cc1noc(C)c1CC(=O)N1CCN([C@H]2CCC[C@H]2O)CC1. The van der Waals surface area contributed by atoms with E-state index in [1.807, 2.05) is 18.7 Å². The predicted molar refractivity (Wildman–Crippen MR) is 81.5 cm³/mol. The normalized spacial score (nSPS) is 26.6. The molecule has 2 fully saturated rings. The number of aromatic nitrogens is 1. The van der Waals surface area contributed by atoms with Crippen LogP contribution in [0.25, 0.3) is 0 Å². The van der Waals surface area contributed by atoms with Crippen molar-refractivity contribution < 1.29 is 14.4 Å². The average Bonchev–Trinajstić information content (AvgIpc) is 3.08. The molecular formula is C16H25N3O3. The van der Waals surface area contributed by atoms with Crippen LogP contribution in [0.2, 0.25) is 0 Å². The molecule has 0 spiro atoms. The first-order valence-corrected chi connectivity index (χ1v) is 8.18. The fraction of sp³-hybridized carbons (Fsp3) is 0.750. The van der Waals surface area contributed by atoms with E-state index < -0.39 is 0 Å². The molecule has 6 heteroatoms. The molecule has 3 rings (SSSR count). The highest BCUT2D eigenvalue weighted by molar-refractivity contribution is 5.79. The maximum atomic E-state index is 12.5. The molecule has 1 saturated heterocycles. The smallest absolute Gasteiger partial charge is 0.227 e. The van der Waals surface area contributed by atoms with Crippen molar-refractivity contribution in [3.63, 3.8) is 0 Å². The highest BCUT2D eigenvalue weighted by atomic mass is 16.5. The number of piperazine rings is 1. The van der Waals surface area contributed by atoms with E-state index >= 15 is 0 Å². The van der Waals surface area contributed by atoms with Crippen LogP contribution in [-0.4, -0.2) is 64.3 Å². The molecule has 22 heavy (non-hydrogen) atoms. The van der Waals surface area contributed by atoms with Gasteiger partial charge in [-0.05, 0) is 33.1 Å². The van der Waals surface area contributed by atoms with Gasteiger partial charge in [0.15, 0.2) is 0 Å². The maximum Gasteiger partial charge on any atom is 0.227 e. The number of rotatable bonds is 3. The molecule has 6 nitrogen and oxygen atoms in total. The van der Waals surface area contributed by atoms with E-state index in [1.165, 1.54) is 0 Å². The summed E-state index contributed by atoms with van der Waals surface area (Å²) in [4.78, 5) is 16.7. The van der Waals surface area contributed by atoms with Gasteiger partial charge in [-0.15, -0.1) is 0 Å². The summed E-state index contributed by atoms with van der Waals surface area (Å²) >= 11 is 0. The van der Waals surface area contributed by atoms with Gasteiger partial charge < -0.3 is 14.5 Å². The summed E-state index contributed by atoms with van der Waals surface area (Å²) < 4.78 is 5.12. The summed E-state index contributed by atoms with van der Waals surface area (Å²) in [6.45, 7) is 6.92. The van der Waals surface area contributed by atoms with Crippen molar-refractivity contribution >= 4 is 5.91 Å². The van der Waals surface area contributed by atoms with Gasteiger partial charge in [0.05, 0.1) is 18.2 Å². The lowest BCUT2D eigenvalue weighted by molar-refractivity contribution is -0.132. The molecular weight excluding hydrogens is 282 g/mol. The van der Waals surface area contributed by atoms with Crippen molar-refractivity contribution in [1.29, 1.82) is 0 Å². The zero-order chi connectivity index (χ0) is 15.7. The van der Waals surface area contributed by atoms with Crippen LogP contribution in [0.1, 0.15) is 36.3 Å². The van der Waals surface area contributed by atoms with Crippen molar-refractivity contribution in [3.8, 4) is 0 Å². The second-order valence-corrected chi connectivity index (χ2v) is 6.46. The second-order valence-electron chi connectivity index (χ2n) is 6.46. The molecule has 1 saturated carbocycles. The lowest BCUT2D eigenvalue weighted by atomic mass is 10.1. The van der Waals surface area contributed by atoms with Crippen LogP contribution in [-0.2, 0) is 11.2 Å². The molecule has 0 radical (unpaired) electrons. The zero-order valence-electron chi connectivity index (χ0n) is 13.4. The molecule has 1 amide bonds. The average molecular weight is 307 g/mol. The predicted octanol–water partition coefficient (Wildman–Crippen LogP) is 0.892. The Bertz CT molecular complexity index is 515. The Morgan fingerprint density at radius 3 is 2.55 bits per heavy atom. The number of hydrogen-bond donors (Lipinski definition) is 1. The van der Waals surface area contributed by atoms with Gasteiger partial charge in [-0.2, -0.15) is 0 Å². The largest absolute Gasteiger partial charge is 0.391 e. The third-order valence-electron chi connectivity index (χ3n) is 5.09. The van der Waals surface area contributed by atoms with Gasteiger partial charge >= 0.3 is 0 Å². The van der Waals surface area contributed by atoms with E-state index in [2.05, 4.69) is 10.1 Å². The minimum Gasteiger partial charge on any atom is -0.391 e.